The molecule has 0 fully saturated rings. The van der Waals surface area contributed by atoms with Gasteiger partial charge in [0.25, 0.3) is 0 Å². The van der Waals surface area contributed by atoms with Crippen molar-refractivity contribution in [2.24, 2.45) is 0 Å². The van der Waals surface area contributed by atoms with Gasteiger partial charge >= 0.3 is 0 Å². The normalized spacial score (nSPS) is 10.6. The summed E-state index contributed by atoms with van der Waals surface area (Å²) in [7, 11) is 1.91. The summed E-state index contributed by atoms with van der Waals surface area (Å²) in [6.45, 7) is 1.97. The van der Waals surface area contributed by atoms with Crippen molar-refractivity contribution in [2.75, 3.05) is 12.4 Å². The molecule has 2 aromatic heterocycles. The molecule has 2 N–H and O–H groups in total. The highest BCUT2D eigenvalue weighted by atomic mass is 79.9. The number of pyridine rings is 1. The van der Waals surface area contributed by atoms with E-state index in [9.17, 15) is 0 Å². The molecule has 0 unspecified atom stereocenters. The van der Waals surface area contributed by atoms with Crippen LogP contribution in [0.1, 0.15) is 5.69 Å². The number of halogens is 1. The van der Waals surface area contributed by atoms with Crippen LogP contribution >= 0.6 is 15.9 Å². The lowest BCUT2D eigenvalue weighted by atomic mass is 10.1. The molecule has 5 heteroatoms. The number of H-pyrrole nitrogens is 1. The van der Waals surface area contributed by atoms with Gasteiger partial charge in [-0.1, -0.05) is 12.1 Å². The second-order valence-electron chi connectivity index (χ2n) is 4.81. The fraction of sp³-hybridized carbons (Fsp3) is 0.125. The third kappa shape index (κ3) is 2.97. The zero-order valence-corrected chi connectivity index (χ0v) is 13.4. The minimum absolute atomic E-state index is 0.826. The molecule has 0 aliphatic rings. The molecule has 0 saturated heterocycles. The molecular formula is C16H15BrN4. The lowest BCUT2D eigenvalue weighted by Gasteiger charge is -2.01. The first-order valence-electron chi connectivity index (χ1n) is 6.64. The van der Waals surface area contributed by atoms with Crippen LogP contribution in [0.2, 0.25) is 0 Å². The van der Waals surface area contributed by atoms with E-state index in [2.05, 4.69) is 54.6 Å². The Labute approximate surface area is 131 Å². The summed E-state index contributed by atoms with van der Waals surface area (Å²) >= 11 is 3.43. The number of anilines is 1. The smallest absolute Gasteiger partial charge is 0.107 e. The fourth-order valence-electron chi connectivity index (χ4n) is 2.21. The minimum atomic E-state index is 0.826. The second-order valence-corrected chi connectivity index (χ2v) is 5.63. The van der Waals surface area contributed by atoms with E-state index in [1.54, 1.807) is 0 Å². The van der Waals surface area contributed by atoms with E-state index in [1.807, 2.05) is 38.2 Å². The van der Waals surface area contributed by atoms with Crippen LogP contribution in [0.4, 0.5) is 5.69 Å². The summed E-state index contributed by atoms with van der Waals surface area (Å²) in [5, 5.41) is 10.6. The van der Waals surface area contributed by atoms with Crippen molar-refractivity contribution < 1.29 is 0 Å². The van der Waals surface area contributed by atoms with Crippen molar-refractivity contribution in [3.05, 3.63) is 52.8 Å². The van der Waals surface area contributed by atoms with Crippen LogP contribution in [-0.2, 0) is 0 Å². The number of benzene rings is 1. The molecule has 0 radical (unpaired) electrons. The highest BCUT2D eigenvalue weighted by molar-refractivity contribution is 9.10. The average molecular weight is 343 g/mol. The Kier molecular flexibility index (Phi) is 3.75. The van der Waals surface area contributed by atoms with Crippen LogP contribution in [0.5, 0.6) is 0 Å². The Balaban J connectivity index is 1.95. The van der Waals surface area contributed by atoms with Gasteiger partial charge in [0, 0.05) is 29.6 Å². The van der Waals surface area contributed by atoms with E-state index in [0.29, 0.717) is 0 Å². The van der Waals surface area contributed by atoms with E-state index >= 15 is 0 Å². The van der Waals surface area contributed by atoms with E-state index in [-0.39, 0.29) is 0 Å². The van der Waals surface area contributed by atoms with Crippen LogP contribution in [0, 0.1) is 6.92 Å². The van der Waals surface area contributed by atoms with Crippen LogP contribution in [0.25, 0.3) is 22.5 Å². The number of nitrogens with zero attached hydrogens (tertiary/aromatic N) is 2. The Morgan fingerprint density at radius 1 is 1.05 bits per heavy atom. The first-order valence-corrected chi connectivity index (χ1v) is 7.43. The molecule has 0 saturated carbocycles. The summed E-state index contributed by atoms with van der Waals surface area (Å²) < 4.78 is 0.826. The van der Waals surface area contributed by atoms with Gasteiger partial charge in [-0.2, -0.15) is 5.10 Å². The summed E-state index contributed by atoms with van der Waals surface area (Å²) in [4.78, 5) is 4.32. The maximum Gasteiger partial charge on any atom is 0.107 e. The van der Waals surface area contributed by atoms with Gasteiger partial charge < -0.3 is 5.32 Å². The van der Waals surface area contributed by atoms with Crippen molar-refractivity contribution in [2.45, 2.75) is 6.92 Å². The Hall–Kier alpha value is -2.14. The topological polar surface area (TPSA) is 53.6 Å². The van der Waals surface area contributed by atoms with Gasteiger partial charge in [-0.15, -0.1) is 0 Å². The van der Waals surface area contributed by atoms with E-state index in [1.165, 1.54) is 0 Å². The molecule has 0 spiro atoms. The Morgan fingerprint density at radius 3 is 2.48 bits per heavy atom. The highest BCUT2D eigenvalue weighted by Gasteiger charge is 2.07. The van der Waals surface area contributed by atoms with Gasteiger partial charge in [0.1, 0.15) is 4.60 Å². The molecule has 1 aromatic carbocycles. The first kappa shape index (κ1) is 13.8. The molecule has 4 nitrogen and oxygen atoms in total. The van der Waals surface area contributed by atoms with Crippen molar-refractivity contribution in [3.8, 4) is 22.5 Å². The number of aromatic nitrogens is 3. The largest absolute Gasteiger partial charge is 0.388 e. The van der Waals surface area contributed by atoms with Gasteiger partial charge in [0.2, 0.25) is 0 Å². The maximum absolute atomic E-state index is 4.40. The zero-order valence-electron chi connectivity index (χ0n) is 11.8. The quantitative estimate of drug-likeness (QED) is 0.699. The number of hydrogen-bond acceptors (Lipinski definition) is 3. The Bertz CT molecular complexity index is 742. The fourth-order valence-corrected chi connectivity index (χ4v) is 2.74. The zero-order chi connectivity index (χ0) is 14.8. The molecule has 0 aliphatic carbocycles. The SMILES string of the molecule is CNc1ccc(-c2cc(-c3cc(C)nc(Br)c3)[nH]n2)cc1. The molecule has 3 rings (SSSR count). The number of hydrogen-bond donors (Lipinski definition) is 2. The standard InChI is InChI=1S/C16H15BrN4/c1-10-7-12(8-16(17)19-10)15-9-14(20-21-15)11-3-5-13(18-2)6-4-11/h3-9,18H,1-2H3,(H,20,21). The summed E-state index contributed by atoms with van der Waals surface area (Å²) in [5.74, 6) is 0. The van der Waals surface area contributed by atoms with Gasteiger partial charge in [-0.3, -0.25) is 5.10 Å². The van der Waals surface area contributed by atoms with Gasteiger partial charge in [-0.05, 0) is 53.2 Å². The number of nitrogens with one attached hydrogen (secondary N) is 2. The summed E-state index contributed by atoms with van der Waals surface area (Å²) in [6.07, 6.45) is 0. The predicted octanol–water partition coefficient (Wildman–Crippen LogP) is 4.25. The monoisotopic (exact) mass is 342 g/mol. The lowest BCUT2D eigenvalue weighted by molar-refractivity contribution is 1.09. The van der Waals surface area contributed by atoms with Crippen molar-refractivity contribution in [3.63, 3.8) is 0 Å². The molecule has 0 aliphatic heterocycles. The third-order valence-electron chi connectivity index (χ3n) is 3.28. The molecule has 0 amide bonds. The third-order valence-corrected chi connectivity index (χ3v) is 3.69. The average Bonchev–Trinajstić information content (AvgIpc) is 2.96. The number of aryl methyl sites for hydroxylation is 1. The van der Waals surface area contributed by atoms with Crippen LogP contribution < -0.4 is 5.32 Å². The van der Waals surface area contributed by atoms with Crippen LogP contribution in [-0.4, -0.2) is 22.2 Å². The maximum atomic E-state index is 4.40. The molecule has 0 bridgehead atoms. The van der Waals surface area contributed by atoms with Crippen LogP contribution in [0.3, 0.4) is 0 Å². The van der Waals surface area contributed by atoms with Gasteiger partial charge in [-0.25, -0.2) is 4.98 Å². The second kappa shape index (κ2) is 5.69. The molecule has 3 aromatic rings. The van der Waals surface area contributed by atoms with E-state index in [4.69, 9.17) is 0 Å². The van der Waals surface area contributed by atoms with Crippen molar-refractivity contribution >= 4 is 21.6 Å². The molecule has 0 atom stereocenters. The highest BCUT2D eigenvalue weighted by Crippen LogP contribution is 2.26. The van der Waals surface area contributed by atoms with Gasteiger partial charge in [0.05, 0.1) is 11.4 Å². The molecular weight excluding hydrogens is 328 g/mol. The van der Waals surface area contributed by atoms with Gasteiger partial charge in [0.15, 0.2) is 0 Å². The van der Waals surface area contributed by atoms with Crippen molar-refractivity contribution in [1.82, 2.24) is 15.2 Å². The summed E-state index contributed by atoms with van der Waals surface area (Å²) in [6, 6.07) is 14.3. The predicted molar refractivity (Wildman–Crippen MR) is 89.2 cm³/mol. The van der Waals surface area contributed by atoms with E-state index < -0.39 is 0 Å². The number of aromatic amines is 1. The first-order chi connectivity index (χ1) is 10.2. The van der Waals surface area contributed by atoms with E-state index in [0.717, 1.165) is 38.5 Å². The molecule has 21 heavy (non-hydrogen) atoms. The lowest BCUT2D eigenvalue weighted by Crippen LogP contribution is -1.86. The van der Waals surface area contributed by atoms with Crippen molar-refractivity contribution in [1.29, 1.82) is 0 Å². The van der Waals surface area contributed by atoms with Crippen LogP contribution in [0.15, 0.2) is 47.1 Å². The minimum Gasteiger partial charge on any atom is -0.388 e. The number of rotatable bonds is 3. The Morgan fingerprint density at radius 2 is 1.81 bits per heavy atom. The molecule has 106 valence electrons. The molecule has 2 heterocycles. The summed E-state index contributed by atoms with van der Waals surface area (Å²) in [5.41, 5.74) is 6.12.